The van der Waals surface area contributed by atoms with Crippen LogP contribution in [-0.2, 0) is 0 Å². The van der Waals surface area contributed by atoms with E-state index in [1.165, 1.54) is 32.4 Å². The molecule has 1 rings (SSSR count). The van der Waals surface area contributed by atoms with Gasteiger partial charge in [0.15, 0.2) is 0 Å². The van der Waals surface area contributed by atoms with E-state index in [0.717, 1.165) is 18.9 Å². The quantitative estimate of drug-likeness (QED) is 0.722. The van der Waals surface area contributed by atoms with E-state index in [2.05, 4.69) is 31.1 Å². The summed E-state index contributed by atoms with van der Waals surface area (Å²) in [5.74, 6) is 0.897. The number of piperidine rings is 1. The molecule has 0 aliphatic carbocycles. The van der Waals surface area contributed by atoms with Crippen LogP contribution in [0.15, 0.2) is 0 Å². The molecule has 0 amide bonds. The predicted molar refractivity (Wildman–Crippen MR) is 68.6 cm³/mol. The summed E-state index contributed by atoms with van der Waals surface area (Å²) >= 11 is 0. The van der Waals surface area contributed by atoms with Gasteiger partial charge >= 0.3 is 0 Å². The number of hydrogen-bond acceptors (Lipinski definition) is 3. The van der Waals surface area contributed by atoms with Crippen molar-refractivity contribution < 1.29 is 5.11 Å². The molecule has 1 aliphatic rings. The predicted octanol–water partition coefficient (Wildman–Crippen LogP) is 1.47. The molecule has 0 bridgehead atoms. The van der Waals surface area contributed by atoms with E-state index < -0.39 is 0 Å². The molecule has 0 aromatic heterocycles. The van der Waals surface area contributed by atoms with Gasteiger partial charge in [0.25, 0.3) is 0 Å². The summed E-state index contributed by atoms with van der Waals surface area (Å²) in [6, 6.07) is 0. The number of nitrogens with zero attached hydrogens (tertiary/aromatic N) is 1. The highest BCUT2D eigenvalue weighted by Crippen LogP contribution is 2.19. The van der Waals surface area contributed by atoms with Gasteiger partial charge in [-0.3, -0.25) is 0 Å². The maximum Gasteiger partial charge on any atom is 0.0448 e. The maximum absolute atomic E-state index is 8.93. The number of aliphatic hydroxyl groups excluding tert-OH is 1. The smallest absolute Gasteiger partial charge is 0.0448 e. The Kier molecular flexibility index (Phi) is 5.73. The van der Waals surface area contributed by atoms with Crippen LogP contribution in [0, 0.1) is 5.92 Å². The van der Waals surface area contributed by atoms with Gasteiger partial charge in [-0.25, -0.2) is 0 Å². The Morgan fingerprint density at radius 2 is 1.94 bits per heavy atom. The van der Waals surface area contributed by atoms with Gasteiger partial charge in [0, 0.05) is 12.1 Å². The van der Waals surface area contributed by atoms with Gasteiger partial charge in [0.05, 0.1) is 0 Å². The summed E-state index contributed by atoms with van der Waals surface area (Å²) in [4.78, 5) is 2.42. The number of nitrogens with one attached hydrogen (secondary N) is 1. The highest BCUT2D eigenvalue weighted by Gasteiger charge is 2.19. The summed E-state index contributed by atoms with van der Waals surface area (Å²) in [7, 11) is 2.21. The van der Waals surface area contributed by atoms with Crippen molar-refractivity contribution in [2.45, 2.75) is 45.1 Å². The minimum atomic E-state index is 0.0835. The van der Waals surface area contributed by atoms with Gasteiger partial charge < -0.3 is 15.3 Å². The molecule has 0 spiro atoms. The first-order chi connectivity index (χ1) is 7.53. The Morgan fingerprint density at radius 3 is 2.50 bits per heavy atom. The number of rotatable bonds is 6. The highest BCUT2D eigenvalue weighted by atomic mass is 16.3. The van der Waals surface area contributed by atoms with Crippen LogP contribution in [0.3, 0.4) is 0 Å². The Balaban J connectivity index is 2.11. The molecular formula is C13H28N2O. The molecule has 16 heavy (non-hydrogen) atoms. The highest BCUT2D eigenvalue weighted by molar-refractivity contribution is 4.78. The van der Waals surface area contributed by atoms with Gasteiger partial charge in [-0.1, -0.05) is 0 Å². The van der Waals surface area contributed by atoms with Crippen LogP contribution < -0.4 is 5.32 Å². The summed E-state index contributed by atoms with van der Waals surface area (Å²) in [5.41, 5.74) is 0.0835. The van der Waals surface area contributed by atoms with E-state index in [0.29, 0.717) is 0 Å². The standard InChI is InChI=1S/C13H28N2O/c1-13(2,7-11-16)14-8-4-12-5-9-15(3)10-6-12/h12,14,16H,4-11H2,1-3H3. The van der Waals surface area contributed by atoms with Crippen molar-refractivity contribution >= 4 is 0 Å². The number of hydrogen-bond donors (Lipinski definition) is 2. The number of likely N-dealkylation sites (tertiary alicyclic amines) is 1. The molecule has 1 saturated heterocycles. The lowest BCUT2D eigenvalue weighted by atomic mass is 9.93. The second-order valence-electron chi connectivity index (χ2n) is 5.82. The van der Waals surface area contributed by atoms with E-state index in [9.17, 15) is 0 Å². The minimum absolute atomic E-state index is 0.0835. The van der Waals surface area contributed by atoms with Gasteiger partial charge in [-0.15, -0.1) is 0 Å². The van der Waals surface area contributed by atoms with Crippen LogP contribution in [0.1, 0.15) is 39.5 Å². The molecule has 3 heteroatoms. The van der Waals surface area contributed by atoms with Crippen molar-refractivity contribution in [1.29, 1.82) is 0 Å². The van der Waals surface area contributed by atoms with Crippen molar-refractivity contribution in [3.05, 3.63) is 0 Å². The van der Waals surface area contributed by atoms with Crippen LogP contribution in [0.5, 0.6) is 0 Å². The van der Waals surface area contributed by atoms with Crippen LogP contribution in [0.25, 0.3) is 0 Å². The molecule has 0 radical (unpaired) electrons. The van der Waals surface area contributed by atoms with E-state index in [1.807, 2.05) is 0 Å². The SMILES string of the molecule is CN1CCC(CCNC(C)(C)CCO)CC1. The number of aliphatic hydroxyl groups is 1. The third-order valence-electron chi connectivity index (χ3n) is 3.73. The molecule has 2 N–H and O–H groups in total. The van der Waals surface area contributed by atoms with Crippen molar-refractivity contribution in [3.63, 3.8) is 0 Å². The monoisotopic (exact) mass is 228 g/mol. The molecule has 0 unspecified atom stereocenters. The Hall–Kier alpha value is -0.120. The summed E-state index contributed by atoms with van der Waals surface area (Å²) in [6.07, 6.45) is 4.81. The zero-order valence-corrected chi connectivity index (χ0v) is 11.1. The molecule has 0 aromatic carbocycles. The van der Waals surface area contributed by atoms with Gasteiger partial charge in [0.1, 0.15) is 0 Å². The topological polar surface area (TPSA) is 35.5 Å². The first-order valence-electron chi connectivity index (χ1n) is 6.58. The Labute approximate surface area is 100 Å². The van der Waals surface area contributed by atoms with E-state index in [4.69, 9.17) is 5.11 Å². The molecule has 1 aliphatic heterocycles. The lowest BCUT2D eigenvalue weighted by Gasteiger charge is -2.31. The van der Waals surface area contributed by atoms with Crippen molar-refractivity contribution in [1.82, 2.24) is 10.2 Å². The molecule has 1 heterocycles. The fourth-order valence-electron chi connectivity index (χ4n) is 2.33. The molecule has 0 saturated carbocycles. The Bertz CT molecular complexity index is 186. The van der Waals surface area contributed by atoms with Crippen LogP contribution in [-0.4, -0.2) is 48.8 Å². The van der Waals surface area contributed by atoms with Crippen LogP contribution in [0.2, 0.25) is 0 Å². The first kappa shape index (κ1) is 13.9. The van der Waals surface area contributed by atoms with E-state index in [1.54, 1.807) is 0 Å². The average Bonchev–Trinajstić information content (AvgIpc) is 2.20. The van der Waals surface area contributed by atoms with Gasteiger partial charge in [0.2, 0.25) is 0 Å². The molecule has 96 valence electrons. The summed E-state index contributed by atoms with van der Waals surface area (Å²) in [5, 5.41) is 12.5. The summed E-state index contributed by atoms with van der Waals surface area (Å²) in [6.45, 7) is 8.20. The zero-order chi connectivity index (χ0) is 12.0. The molecule has 3 nitrogen and oxygen atoms in total. The Morgan fingerprint density at radius 1 is 1.31 bits per heavy atom. The normalized spacial score (nSPS) is 20.2. The lowest BCUT2D eigenvalue weighted by molar-refractivity contribution is 0.200. The van der Waals surface area contributed by atoms with Crippen molar-refractivity contribution in [3.8, 4) is 0 Å². The van der Waals surface area contributed by atoms with Crippen molar-refractivity contribution in [2.24, 2.45) is 5.92 Å². The third kappa shape index (κ3) is 5.28. The van der Waals surface area contributed by atoms with Crippen LogP contribution >= 0.6 is 0 Å². The molecule has 0 atom stereocenters. The fraction of sp³-hybridized carbons (Fsp3) is 1.00. The second kappa shape index (κ2) is 6.58. The molecule has 1 fully saturated rings. The average molecular weight is 228 g/mol. The lowest BCUT2D eigenvalue weighted by Crippen LogP contribution is -2.41. The first-order valence-corrected chi connectivity index (χ1v) is 6.58. The van der Waals surface area contributed by atoms with Crippen molar-refractivity contribution in [2.75, 3.05) is 33.3 Å². The van der Waals surface area contributed by atoms with Gasteiger partial charge in [-0.05, 0) is 72.1 Å². The minimum Gasteiger partial charge on any atom is -0.396 e. The largest absolute Gasteiger partial charge is 0.396 e. The second-order valence-corrected chi connectivity index (χ2v) is 5.82. The van der Waals surface area contributed by atoms with E-state index in [-0.39, 0.29) is 12.1 Å². The maximum atomic E-state index is 8.93. The van der Waals surface area contributed by atoms with Gasteiger partial charge in [-0.2, -0.15) is 0 Å². The molecular weight excluding hydrogens is 200 g/mol. The van der Waals surface area contributed by atoms with Crippen LogP contribution in [0.4, 0.5) is 0 Å². The van der Waals surface area contributed by atoms with E-state index >= 15 is 0 Å². The zero-order valence-electron chi connectivity index (χ0n) is 11.1. The summed E-state index contributed by atoms with van der Waals surface area (Å²) < 4.78 is 0. The third-order valence-corrected chi connectivity index (χ3v) is 3.73. The fourth-order valence-corrected chi connectivity index (χ4v) is 2.33. The molecule has 0 aromatic rings.